The predicted molar refractivity (Wildman–Crippen MR) is 84.4 cm³/mol. The van der Waals surface area contributed by atoms with Crippen LogP contribution in [-0.2, 0) is 9.59 Å². The third-order valence-corrected chi connectivity index (χ3v) is 4.08. The average Bonchev–Trinajstić information content (AvgIpc) is 2.79. The van der Waals surface area contributed by atoms with E-state index in [-0.39, 0.29) is 18.5 Å². The van der Waals surface area contributed by atoms with E-state index in [0.29, 0.717) is 19.5 Å². The Morgan fingerprint density at radius 2 is 2.29 bits per heavy atom. The number of aliphatic carboxylic acids is 1. The second-order valence-corrected chi connectivity index (χ2v) is 6.05. The molecule has 0 aromatic heterocycles. The number of carboxylic acid groups (broad SMARTS) is 1. The normalized spacial score (nSPS) is 18.5. The molecular formula is C15H19BrN2O3. The van der Waals surface area contributed by atoms with Gasteiger partial charge in [0, 0.05) is 16.7 Å². The summed E-state index contributed by atoms with van der Waals surface area (Å²) in [5, 5.41) is 9.00. The number of amides is 1. The van der Waals surface area contributed by atoms with Crippen molar-refractivity contribution >= 4 is 33.5 Å². The van der Waals surface area contributed by atoms with Crippen molar-refractivity contribution in [3.63, 3.8) is 0 Å². The van der Waals surface area contributed by atoms with Gasteiger partial charge in [0.25, 0.3) is 0 Å². The van der Waals surface area contributed by atoms with Gasteiger partial charge in [-0.3, -0.25) is 14.5 Å². The lowest BCUT2D eigenvalue weighted by molar-refractivity contribution is -0.139. The number of carbonyl (C=O) groups is 2. The number of carboxylic acids is 1. The molecular weight excluding hydrogens is 336 g/mol. The second-order valence-electron chi connectivity index (χ2n) is 5.14. The van der Waals surface area contributed by atoms with Crippen LogP contribution < -0.4 is 4.90 Å². The molecule has 1 saturated heterocycles. The van der Waals surface area contributed by atoms with Crippen LogP contribution in [-0.4, -0.2) is 47.6 Å². The van der Waals surface area contributed by atoms with Crippen molar-refractivity contribution in [2.45, 2.75) is 25.8 Å². The Kier molecular flexibility index (Phi) is 5.36. The van der Waals surface area contributed by atoms with E-state index in [9.17, 15) is 9.59 Å². The summed E-state index contributed by atoms with van der Waals surface area (Å²) >= 11 is 3.40. The first-order chi connectivity index (χ1) is 10.0. The molecule has 1 amide bonds. The first-order valence-corrected chi connectivity index (χ1v) is 7.85. The molecule has 0 aliphatic carbocycles. The zero-order chi connectivity index (χ0) is 15.4. The van der Waals surface area contributed by atoms with Crippen molar-refractivity contribution in [2.75, 3.05) is 24.5 Å². The fraction of sp³-hybridized carbons (Fsp3) is 0.467. The van der Waals surface area contributed by atoms with Gasteiger partial charge < -0.3 is 10.0 Å². The maximum atomic E-state index is 12.6. The molecule has 1 N–H and O–H groups in total. The second kappa shape index (κ2) is 7.04. The highest BCUT2D eigenvalue weighted by Gasteiger charge is 2.37. The number of nitrogens with zero attached hydrogens (tertiary/aromatic N) is 2. The van der Waals surface area contributed by atoms with Crippen molar-refractivity contribution in [2.24, 2.45) is 0 Å². The highest BCUT2D eigenvalue weighted by atomic mass is 79.9. The Bertz CT molecular complexity index is 535. The van der Waals surface area contributed by atoms with Crippen LogP contribution in [0.2, 0.25) is 0 Å². The van der Waals surface area contributed by atoms with Gasteiger partial charge in [0.05, 0.1) is 12.6 Å². The summed E-state index contributed by atoms with van der Waals surface area (Å²) in [6.07, 6.45) is 1.49. The number of anilines is 1. The van der Waals surface area contributed by atoms with Gasteiger partial charge >= 0.3 is 5.97 Å². The molecule has 1 unspecified atom stereocenters. The molecule has 1 aromatic rings. The monoisotopic (exact) mass is 354 g/mol. The first kappa shape index (κ1) is 16.0. The lowest BCUT2D eigenvalue weighted by atomic mass is 10.2. The molecule has 1 aliphatic heterocycles. The van der Waals surface area contributed by atoms with E-state index in [2.05, 4.69) is 15.9 Å². The molecule has 0 bridgehead atoms. The zero-order valence-corrected chi connectivity index (χ0v) is 13.5. The fourth-order valence-electron chi connectivity index (χ4n) is 2.71. The van der Waals surface area contributed by atoms with Crippen LogP contribution in [0.1, 0.15) is 19.8 Å². The maximum Gasteiger partial charge on any atom is 0.317 e. The van der Waals surface area contributed by atoms with Crippen molar-refractivity contribution in [3.05, 3.63) is 28.7 Å². The highest BCUT2D eigenvalue weighted by molar-refractivity contribution is 9.10. The van der Waals surface area contributed by atoms with Crippen molar-refractivity contribution in [3.8, 4) is 0 Å². The van der Waals surface area contributed by atoms with Gasteiger partial charge in [0.2, 0.25) is 5.91 Å². The summed E-state index contributed by atoms with van der Waals surface area (Å²) in [5.41, 5.74) is 0.851. The van der Waals surface area contributed by atoms with E-state index in [1.165, 1.54) is 0 Å². The molecule has 1 aliphatic rings. The summed E-state index contributed by atoms with van der Waals surface area (Å²) in [7, 11) is 0. The lowest BCUT2D eigenvalue weighted by Crippen LogP contribution is -2.44. The van der Waals surface area contributed by atoms with Gasteiger partial charge in [0.1, 0.15) is 0 Å². The largest absolute Gasteiger partial charge is 0.480 e. The molecule has 1 heterocycles. The Hall–Kier alpha value is -1.40. The van der Waals surface area contributed by atoms with Crippen molar-refractivity contribution < 1.29 is 14.7 Å². The lowest BCUT2D eigenvalue weighted by Gasteiger charge is -2.26. The predicted octanol–water partition coefficient (Wildman–Crippen LogP) is 2.35. The Labute approximate surface area is 132 Å². The van der Waals surface area contributed by atoms with Crippen LogP contribution in [0.5, 0.6) is 0 Å². The van der Waals surface area contributed by atoms with Crippen LogP contribution in [0.3, 0.4) is 0 Å². The van der Waals surface area contributed by atoms with Crippen LogP contribution in [0, 0.1) is 0 Å². The Morgan fingerprint density at radius 3 is 2.90 bits per heavy atom. The van der Waals surface area contributed by atoms with Crippen molar-refractivity contribution in [1.29, 1.82) is 0 Å². The van der Waals surface area contributed by atoms with Gasteiger partial charge in [-0.1, -0.05) is 28.9 Å². The third-order valence-electron chi connectivity index (χ3n) is 3.59. The van der Waals surface area contributed by atoms with Crippen LogP contribution in [0.15, 0.2) is 28.7 Å². The molecule has 6 heteroatoms. The van der Waals surface area contributed by atoms with E-state index in [4.69, 9.17) is 5.11 Å². The van der Waals surface area contributed by atoms with E-state index in [0.717, 1.165) is 16.6 Å². The summed E-state index contributed by atoms with van der Waals surface area (Å²) in [6, 6.07) is 7.27. The molecule has 5 nitrogen and oxygen atoms in total. The topological polar surface area (TPSA) is 60.9 Å². The van der Waals surface area contributed by atoms with Gasteiger partial charge in [-0.05, 0) is 37.6 Å². The van der Waals surface area contributed by atoms with Crippen LogP contribution in [0.4, 0.5) is 5.69 Å². The first-order valence-electron chi connectivity index (χ1n) is 7.05. The quantitative estimate of drug-likeness (QED) is 0.851. The molecule has 1 atom stereocenters. The molecule has 1 fully saturated rings. The number of hydrogen-bond acceptors (Lipinski definition) is 3. The average molecular weight is 355 g/mol. The molecule has 0 spiro atoms. The maximum absolute atomic E-state index is 12.6. The molecule has 0 saturated carbocycles. The minimum atomic E-state index is -0.892. The van der Waals surface area contributed by atoms with Gasteiger partial charge in [0.15, 0.2) is 0 Å². The number of rotatable bonds is 6. The van der Waals surface area contributed by atoms with E-state index >= 15 is 0 Å². The fourth-order valence-corrected chi connectivity index (χ4v) is 3.10. The highest BCUT2D eigenvalue weighted by Crippen LogP contribution is 2.26. The standard InChI is InChI=1S/C15H19BrN2O3/c1-2-7-17(10-14(19)20)13-6-8-18(15(13)21)12-5-3-4-11(16)9-12/h3-5,9,13H,2,6-8,10H2,1H3,(H,19,20). The zero-order valence-electron chi connectivity index (χ0n) is 12.0. The molecule has 2 rings (SSSR count). The van der Waals surface area contributed by atoms with Crippen LogP contribution in [0.25, 0.3) is 0 Å². The molecule has 0 radical (unpaired) electrons. The number of benzene rings is 1. The third kappa shape index (κ3) is 3.83. The number of carbonyl (C=O) groups excluding carboxylic acids is 1. The van der Waals surface area contributed by atoms with E-state index in [1.807, 2.05) is 31.2 Å². The summed E-state index contributed by atoms with van der Waals surface area (Å²) in [6.45, 7) is 3.14. The Morgan fingerprint density at radius 1 is 1.52 bits per heavy atom. The Balaban J connectivity index is 2.14. The van der Waals surface area contributed by atoms with Gasteiger partial charge in [-0.2, -0.15) is 0 Å². The number of hydrogen-bond donors (Lipinski definition) is 1. The molecule has 114 valence electrons. The summed E-state index contributed by atoms with van der Waals surface area (Å²) in [4.78, 5) is 27.1. The van der Waals surface area contributed by atoms with Gasteiger partial charge in [-0.25, -0.2) is 0 Å². The van der Waals surface area contributed by atoms with Crippen LogP contribution >= 0.6 is 15.9 Å². The summed E-state index contributed by atoms with van der Waals surface area (Å²) in [5.74, 6) is -0.903. The van der Waals surface area contributed by atoms with Crippen molar-refractivity contribution in [1.82, 2.24) is 4.90 Å². The van der Waals surface area contributed by atoms with Gasteiger partial charge in [-0.15, -0.1) is 0 Å². The van der Waals surface area contributed by atoms with E-state index in [1.54, 1.807) is 9.80 Å². The SMILES string of the molecule is CCCN(CC(=O)O)C1CCN(c2cccc(Br)c2)C1=O. The smallest absolute Gasteiger partial charge is 0.317 e. The molecule has 21 heavy (non-hydrogen) atoms. The van der Waals surface area contributed by atoms with E-state index < -0.39 is 5.97 Å². The number of halogens is 1. The summed E-state index contributed by atoms with van der Waals surface area (Å²) < 4.78 is 0.923. The minimum Gasteiger partial charge on any atom is -0.480 e. The molecule has 1 aromatic carbocycles. The minimum absolute atomic E-state index is 0.0113.